The molecule has 0 spiro atoms. The van der Waals surface area contributed by atoms with E-state index in [4.69, 9.17) is 9.15 Å². The van der Waals surface area contributed by atoms with E-state index >= 15 is 0 Å². The van der Waals surface area contributed by atoms with Gasteiger partial charge >= 0.3 is 5.63 Å². The molecule has 29 heavy (non-hydrogen) atoms. The third-order valence-electron chi connectivity index (χ3n) is 4.55. The van der Waals surface area contributed by atoms with E-state index in [0.29, 0.717) is 21.8 Å². The van der Waals surface area contributed by atoms with Crippen LogP contribution in [0.4, 0.5) is 5.69 Å². The molecule has 0 fully saturated rings. The Kier molecular flexibility index (Phi) is 4.90. The van der Waals surface area contributed by atoms with Crippen LogP contribution in [-0.4, -0.2) is 18.0 Å². The molecular formula is C22H18N2O4S. The number of nitrogens with one attached hydrogen (secondary N) is 1. The van der Waals surface area contributed by atoms with Crippen LogP contribution in [0.1, 0.15) is 20.9 Å². The largest absolute Gasteiger partial charge is 0.497 e. The Bertz CT molecular complexity index is 1270. The summed E-state index contributed by atoms with van der Waals surface area (Å²) in [5, 5.41) is 4.45. The fourth-order valence-corrected chi connectivity index (χ4v) is 4.02. The smallest absolute Gasteiger partial charge is 0.336 e. The molecule has 0 unspecified atom stereocenters. The van der Waals surface area contributed by atoms with Gasteiger partial charge in [0.15, 0.2) is 0 Å². The number of thiazole rings is 1. The minimum atomic E-state index is -0.416. The molecule has 0 atom stereocenters. The highest BCUT2D eigenvalue weighted by Crippen LogP contribution is 2.30. The summed E-state index contributed by atoms with van der Waals surface area (Å²) in [7, 11) is 1.62. The number of aromatic nitrogens is 1. The van der Waals surface area contributed by atoms with E-state index in [0.717, 1.165) is 27.3 Å². The predicted molar refractivity (Wildman–Crippen MR) is 114 cm³/mol. The summed E-state index contributed by atoms with van der Waals surface area (Å²) in [6, 6.07) is 14.2. The number of rotatable bonds is 4. The third kappa shape index (κ3) is 3.77. The van der Waals surface area contributed by atoms with Crippen LogP contribution < -0.4 is 15.7 Å². The Labute approximate surface area is 170 Å². The lowest BCUT2D eigenvalue weighted by atomic mass is 10.1. The lowest BCUT2D eigenvalue weighted by molar-refractivity contribution is 0.103. The fourth-order valence-electron chi connectivity index (χ4n) is 3.05. The molecule has 4 aromatic rings. The quantitative estimate of drug-likeness (QED) is 0.493. The van der Waals surface area contributed by atoms with E-state index in [1.54, 1.807) is 26.2 Å². The molecule has 0 saturated heterocycles. The monoisotopic (exact) mass is 406 g/mol. The second-order valence-corrected chi connectivity index (χ2v) is 7.57. The van der Waals surface area contributed by atoms with Crippen molar-refractivity contribution >= 4 is 33.9 Å². The fraction of sp³-hybridized carbons (Fsp3) is 0.136. The van der Waals surface area contributed by atoms with Gasteiger partial charge in [-0.2, -0.15) is 0 Å². The highest BCUT2D eigenvalue weighted by Gasteiger charge is 2.17. The number of hydrogen-bond acceptors (Lipinski definition) is 6. The van der Waals surface area contributed by atoms with Crippen molar-refractivity contribution < 1.29 is 13.9 Å². The lowest BCUT2D eigenvalue weighted by Gasteiger charge is -2.06. The first-order valence-corrected chi connectivity index (χ1v) is 9.74. The minimum absolute atomic E-state index is 0.255. The number of nitrogens with zero attached hydrogens (tertiary/aromatic N) is 1. The molecule has 0 bridgehead atoms. The van der Waals surface area contributed by atoms with Crippen molar-refractivity contribution in [3.05, 3.63) is 75.1 Å². The molecule has 7 heteroatoms. The number of fused-ring (bicyclic) bond motifs is 1. The van der Waals surface area contributed by atoms with Gasteiger partial charge in [-0.1, -0.05) is 0 Å². The van der Waals surface area contributed by atoms with Crippen LogP contribution in [0.25, 0.3) is 21.5 Å². The Morgan fingerprint density at radius 3 is 2.59 bits per heavy atom. The number of ether oxygens (including phenoxy) is 1. The van der Waals surface area contributed by atoms with E-state index in [9.17, 15) is 9.59 Å². The molecule has 0 aliphatic rings. The number of methoxy groups -OCH3 is 1. The van der Waals surface area contributed by atoms with Crippen molar-refractivity contribution in [2.24, 2.45) is 0 Å². The second-order valence-electron chi connectivity index (χ2n) is 6.58. The molecule has 4 rings (SSSR count). The number of carbonyl (C=O) groups is 1. The topological polar surface area (TPSA) is 81.4 Å². The second kappa shape index (κ2) is 7.52. The molecule has 0 aliphatic heterocycles. The molecular weight excluding hydrogens is 388 g/mol. The number of amides is 1. The first-order valence-electron chi connectivity index (χ1n) is 8.92. The average molecular weight is 406 g/mol. The molecule has 0 aliphatic carbocycles. The van der Waals surface area contributed by atoms with Crippen LogP contribution in [0.5, 0.6) is 5.75 Å². The first-order chi connectivity index (χ1) is 13.9. The van der Waals surface area contributed by atoms with Crippen molar-refractivity contribution in [3.63, 3.8) is 0 Å². The molecule has 0 saturated carbocycles. The third-order valence-corrected chi connectivity index (χ3v) is 5.75. The van der Waals surface area contributed by atoms with Crippen LogP contribution in [-0.2, 0) is 0 Å². The number of aryl methyl sites for hydroxylation is 2. The zero-order valence-corrected chi connectivity index (χ0v) is 16.9. The summed E-state index contributed by atoms with van der Waals surface area (Å²) in [6.07, 6.45) is 0. The Balaban J connectivity index is 1.61. The van der Waals surface area contributed by atoms with Gasteiger partial charge in [0, 0.05) is 28.8 Å². The van der Waals surface area contributed by atoms with E-state index in [1.807, 2.05) is 37.3 Å². The van der Waals surface area contributed by atoms with Crippen molar-refractivity contribution in [2.45, 2.75) is 13.8 Å². The normalized spacial score (nSPS) is 10.9. The van der Waals surface area contributed by atoms with Crippen LogP contribution in [0.15, 0.2) is 57.7 Å². The SMILES string of the molecule is COc1ccc(-c2nc(C)c(C(=O)Nc3ccc4c(C)cc(=O)oc4c3)s2)cc1. The highest BCUT2D eigenvalue weighted by atomic mass is 32.1. The van der Waals surface area contributed by atoms with Gasteiger partial charge < -0.3 is 14.5 Å². The average Bonchev–Trinajstić information content (AvgIpc) is 3.09. The zero-order chi connectivity index (χ0) is 20.5. The summed E-state index contributed by atoms with van der Waals surface area (Å²) in [5.74, 6) is 0.507. The summed E-state index contributed by atoms with van der Waals surface area (Å²) >= 11 is 1.32. The Morgan fingerprint density at radius 1 is 1.10 bits per heavy atom. The highest BCUT2D eigenvalue weighted by molar-refractivity contribution is 7.17. The molecule has 1 amide bonds. The summed E-state index contributed by atoms with van der Waals surface area (Å²) < 4.78 is 10.4. The standard InChI is InChI=1S/C22H18N2O4S/c1-12-10-19(25)28-18-11-15(6-9-17(12)18)24-21(26)20-13(2)23-22(29-20)14-4-7-16(27-3)8-5-14/h4-11H,1-3H3,(H,24,26). The minimum Gasteiger partial charge on any atom is -0.497 e. The summed E-state index contributed by atoms with van der Waals surface area (Å²) in [4.78, 5) is 29.5. The van der Waals surface area contributed by atoms with E-state index in [1.165, 1.54) is 17.4 Å². The van der Waals surface area contributed by atoms with E-state index in [-0.39, 0.29) is 5.91 Å². The maximum Gasteiger partial charge on any atom is 0.336 e. The van der Waals surface area contributed by atoms with Crippen molar-refractivity contribution in [1.29, 1.82) is 0 Å². The van der Waals surface area contributed by atoms with Gasteiger partial charge in [0.25, 0.3) is 5.91 Å². The predicted octanol–water partition coefficient (Wildman–Crippen LogP) is 4.79. The first kappa shape index (κ1) is 18.9. The molecule has 6 nitrogen and oxygen atoms in total. The maximum absolute atomic E-state index is 12.8. The zero-order valence-electron chi connectivity index (χ0n) is 16.1. The van der Waals surface area contributed by atoms with Gasteiger partial charge in [0.1, 0.15) is 21.2 Å². The Morgan fingerprint density at radius 2 is 1.86 bits per heavy atom. The van der Waals surface area contributed by atoms with Gasteiger partial charge in [-0.05, 0) is 55.8 Å². The van der Waals surface area contributed by atoms with Crippen molar-refractivity contribution in [2.75, 3.05) is 12.4 Å². The van der Waals surface area contributed by atoms with Crippen LogP contribution >= 0.6 is 11.3 Å². The van der Waals surface area contributed by atoms with Crippen molar-refractivity contribution in [1.82, 2.24) is 4.98 Å². The Hall–Kier alpha value is -3.45. The summed E-state index contributed by atoms with van der Waals surface area (Å²) in [6.45, 7) is 3.65. The van der Waals surface area contributed by atoms with E-state index in [2.05, 4.69) is 10.3 Å². The number of hydrogen-bond donors (Lipinski definition) is 1. The lowest BCUT2D eigenvalue weighted by Crippen LogP contribution is -2.11. The molecule has 2 aromatic carbocycles. The van der Waals surface area contributed by atoms with Gasteiger partial charge in [-0.15, -0.1) is 11.3 Å². The van der Waals surface area contributed by atoms with Gasteiger partial charge in [-0.25, -0.2) is 9.78 Å². The van der Waals surface area contributed by atoms with Crippen LogP contribution in [0.3, 0.4) is 0 Å². The number of benzene rings is 2. The number of anilines is 1. The van der Waals surface area contributed by atoms with Crippen LogP contribution in [0, 0.1) is 13.8 Å². The molecule has 1 N–H and O–H groups in total. The van der Waals surface area contributed by atoms with Crippen LogP contribution in [0.2, 0.25) is 0 Å². The van der Waals surface area contributed by atoms with E-state index < -0.39 is 5.63 Å². The summed E-state index contributed by atoms with van der Waals surface area (Å²) in [5.41, 5.74) is 2.97. The van der Waals surface area contributed by atoms with Gasteiger partial charge in [0.05, 0.1) is 12.8 Å². The van der Waals surface area contributed by atoms with Gasteiger partial charge in [-0.3, -0.25) is 4.79 Å². The van der Waals surface area contributed by atoms with Gasteiger partial charge in [0.2, 0.25) is 0 Å². The maximum atomic E-state index is 12.8. The molecule has 146 valence electrons. The molecule has 0 radical (unpaired) electrons. The molecule has 2 aromatic heterocycles. The number of carbonyl (C=O) groups excluding carboxylic acids is 1. The van der Waals surface area contributed by atoms with Crippen molar-refractivity contribution in [3.8, 4) is 16.3 Å². The molecule has 2 heterocycles.